The van der Waals surface area contributed by atoms with Gasteiger partial charge in [0.15, 0.2) is 19.3 Å². The molecule has 0 saturated carbocycles. The molecule has 2 saturated heterocycles. The van der Waals surface area contributed by atoms with Crippen molar-refractivity contribution >= 4 is 82.6 Å². The van der Waals surface area contributed by atoms with Gasteiger partial charge in [-0.3, -0.25) is 29.0 Å². The highest BCUT2D eigenvalue weighted by Crippen LogP contribution is 2.45. The van der Waals surface area contributed by atoms with Crippen LogP contribution in [0.3, 0.4) is 0 Å². The van der Waals surface area contributed by atoms with Gasteiger partial charge in [-0.2, -0.15) is 0 Å². The molecule has 0 bridgehead atoms. The van der Waals surface area contributed by atoms with Gasteiger partial charge in [0.2, 0.25) is 0 Å². The molecule has 0 radical (unpaired) electrons. The van der Waals surface area contributed by atoms with Crippen molar-refractivity contribution in [1.82, 2.24) is 20.4 Å². The second-order valence-electron chi connectivity index (χ2n) is 14.7. The lowest BCUT2D eigenvalue weighted by Gasteiger charge is -2.49. The van der Waals surface area contributed by atoms with Gasteiger partial charge in [0, 0.05) is 35.5 Å². The van der Waals surface area contributed by atoms with Gasteiger partial charge < -0.3 is 39.4 Å². The van der Waals surface area contributed by atoms with Gasteiger partial charge in [-0.05, 0) is 35.4 Å². The maximum Gasteiger partial charge on any atom is 0.356 e. The summed E-state index contributed by atoms with van der Waals surface area (Å²) in [5.41, 5.74) is 1.79. The monoisotopic (exact) mass is 986 g/mol. The number of carboxylic acid groups (broad SMARTS) is 1. The van der Waals surface area contributed by atoms with Gasteiger partial charge >= 0.3 is 11.9 Å². The standard InChI is InChI=1S/C30H28N2O6S2.C17H18N2O6S2/c1-36-19-40-23-18-39-29-25(31-24(33)17-37-22-15-9-4-10-16-22)28(34)32(29)26(23)30(35)38-27(20-11-5-2-6-12-20)21-13-7-3-8-14-21;1-24-9-27-11-8-26-16-13(15(21)19(16)14(11)17(22)23)18-12(20)7-25-10-5-3-2-4-6-10/h2-16,25,27,29H,17-19H2,1H3,(H,31,33);2-6,13,16H,7-9H2,1H3,(H,18,20)(H,22,23)/t25-,29-;13-,16-/m11/s1. The number of benzene rings is 4. The van der Waals surface area contributed by atoms with E-state index in [1.54, 1.807) is 43.5 Å². The Bertz CT molecular complexity index is 2430. The molecule has 2 fully saturated rings. The summed E-state index contributed by atoms with van der Waals surface area (Å²) in [5.74, 6) is -0.775. The third-order valence-corrected chi connectivity index (χ3v) is 15.3. The fourth-order valence-corrected chi connectivity index (χ4v) is 11.8. The maximum atomic E-state index is 13.8. The van der Waals surface area contributed by atoms with E-state index in [1.807, 2.05) is 84.9 Å². The number of ether oxygens (including phenoxy) is 5. The molecule has 4 aromatic rings. The molecule has 3 N–H and O–H groups in total. The minimum atomic E-state index is -1.16. The number of amides is 4. The molecular weight excluding hydrogens is 941 g/mol. The maximum absolute atomic E-state index is 13.8. The average molecular weight is 987 g/mol. The van der Waals surface area contributed by atoms with Crippen LogP contribution in [0.15, 0.2) is 143 Å². The molecule has 4 atom stereocenters. The van der Waals surface area contributed by atoms with E-state index < -0.39 is 58.6 Å². The highest BCUT2D eigenvalue weighted by atomic mass is 32.2. The predicted molar refractivity (Wildman–Crippen MR) is 255 cm³/mol. The summed E-state index contributed by atoms with van der Waals surface area (Å²) in [6.45, 7) is -0.442. The number of hydrogen-bond acceptors (Lipinski definition) is 15. The van der Waals surface area contributed by atoms with Crippen LogP contribution >= 0.6 is 47.0 Å². The smallest absolute Gasteiger partial charge is 0.356 e. The zero-order valence-corrected chi connectivity index (χ0v) is 39.4. The van der Waals surface area contributed by atoms with Crippen molar-refractivity contribution in [3.63, 3.8) is 0 Å². The molecule has 67 heavy (non-hydrogen) atoms. The van der Waals surface area contributed by atoms with Crippen molar-refractivity contribution in [3.8, 4) is 11.5 Å². The van der Waals surface area contributed by atoms with Crippen molar-refractivity contribution in [3.05, 3.63) is 154 Å². The van der Waals surface area contributed by atoms with Crippen LogP contribution < -0.4 is 20.1 Å². The molecular formula is C47H46N4O12S4. The van der Waals surface area contributed by atoms with Crippen LogP contribution in [0.4, 0.5) is 0 Å². The van der Waals surface area contributed by atoms with Crippen LogP contribution in [0.2, 0.25) is 0 Å². The highest BCUT2D eigenvalue weighted by molar-refractivity contribution is 8.06. The quantitative estimate of drug-likeness (QED) is 0.0609. The van der Waals surface area contributed by atoms with Crippen LogP contribution in [0.1, 0.15) is 17.2 Å². The summed E-state index contributed by atoms with van der Waals surface area (Å²) < 4.78 is 27.2. The van der Waals surface area contributed by atoms with Crippen LogP contribution in [-0.2, 0) is 43.0 Å². The zero-order chi connectivity index (χ0) is 47.3. The van der Waals surface area contributed by atoms with E-state index in [0.717, 1.165) is 11.1 Å². The molecule has 0 aromatic heterocycles. The van der Waals surface area contributed by atoms with Crippen molar-refractivity contribution in [2.24, 2.45) is 0 Å². The lowest BCUT2D eigenvalue weighted by Crippen LogP contribution is -2.70. The van der Waals surface area contributed by atoms with E-state index in [4.69, 9.17) is 23.7 Å². The minimum Gasteiger partial charge on any atom is -0.484 e. The number of nitrogens with one attached hydrogen (secondary N) is 2. The first-order valence-corrected chi connectivity index (χ1v) is 24.7. The Labute approximate surface area is 403 Å². The number of fused-ring (bicyclic) bond motifs is 2. The summed E-state index contributed by atoms with van der Waals surface area (Å²) in [5, 5.41) is 14.0. The number of hydrogen-bond donors (Lipinski definition) is 3. The SMILES string of the molecule is COCSC1=C(C(=O)O)N2C(=O)[C@@H](NC(=O)COc3ccccc3)[C@H]2SC1.COCSC1=C(C(=O)OC(c2ccccc2)c2ccccc2)N2C(=O)[C@@H](NC(=O)COc3ccccc3)[C@H]2SC1. The number of carbonyl (C=O) groups excluding carboxylic acids is 5. The van der Waals surface area contributed by atoms with Crippen LogP contribution in [-0.4, -0.2) is 124 Å². The third-order valence-electron chi connectivity index (χ3n) is 10.3. The number of nitrogens with zero attached hydrogens (tertiary/aromatic N) is 2. The normalized spacial score (nSPS) is 19.4. The largest absolute Gasteiger partial charge is 0.484 e. The van der Waals surface area contributed by atoms with E-state index in [1.165, 1.54) is 64.0 Å². The Kier molecular flexibility index (Phi) is 17.3. The summed E-state index contributed by atoms with van der Waals surface area (Å²) in [4.78, 5) is 79.9. The van der Waals surface area contributed by atoms with E-state index in [9.17, 15) is 33.9 Å². The summed E-state index contributed by atoms with van der Waals surface area (Å²) >= 11 is 5.49. The lowest BCUT2D eigenvalue weighted by atomic mass is 10.0. The van der Waals surface area contributed by atoms with E-state index in [0.29, 0.717) is 44.7 Å². The lowest BCUT2D eigenvalue weighted by molar-refractivity contribution is -0.154. The Morgan fingerprint density at radius 1 is 0.627 bits per heavy atom. The first-order chi connectivity index (χ1) is 32.6. The number of carbonyl (C=O) groups is 6. The number of esters is 1. The van der Waals surface area contributed by atoms with Gasteiger partial charge in [-0.1, -0.05) is 121 Å². The fourth-order valence-electron chi connectivity index (χ4n) is 7.16. The first kappa shape index (κ1) is 49.0. The molecule has 4 aliphatic heterocycles. The van der Waals surface area contributed by atoms with E-state index >= 15 is 0 Å². The number of methoxy groups -OCH3 is 2. The van der Waals surface area contributed by atoms with E-state index in [2.05, 4.69) is 10.6 Å². The molecule has 0 aliphatic carbocycles. The zero-order valence-electron chi connectivity index (χ0n) is 36.1. The second kappa shape index (κ2) is 23.7. The molecule has 350 valence electrons. The number of β-lactam (4-membered cyclic amide) rings is 2. The molecule has 4 aromatic carbocycles. The molecule has 20 heteroatoms. The number of para-hydroxylation sites is 2. The van der Waals surface area contributed by atoms with Crippen LogP contribution in [0.5, 0.6) is 11.5 Å². The Balaban J connectivity index is 0.000000215. The van der Waals surface area contributed by atoms with Gasteiger partial charge in [0.05, 0.1) is 11.9 Å². The van der Waals surface area contributed by atoms with Gasteiger partial charge in [-0.25, -0.2) is 9.59 Å². The van der Waals surface area contributed by atoms with Crippen LogP contribution in [0.25, 0.3) is 0 Å². The number of rotatable bonds is 19. The van der Waals surface area contributed by atoms with Crippen molar-refractivity contribution in [1.29, 1.82) is 0 Å². The van der Waals surface area contributed by atoms with Crippen LogP contribution in [0, 0.1) is 0 Å². The average Bonchev–Trinajstić information content (AvgIpc) is 3.36. The molecule has 4 heterocycles. The number of carboxylic acids is 1. The topological polar surface area (TPSA) is 199 Å². The molecule has 0 unspecified atom stereocenters. The summed E-state index contributed by atoms with van der Waals surface area (Å²) in [6, 6.07) is 35.3. The summed E-state index contributed by atoms with van der Waals surface area (Å²) in [7, 11) is 3.09. The second-order valence-corrected chi connectivity index (χ2v) is 18.9. The molecule has 16 nitrogen and oxygen atoms in total. The van der Waals surface area contributed by atoms with Gasteiger partial charge in [-0.15, -0.1) is 23.5 Å². The van der Waals surface area contributed by atoms with Crippen molar-refractivity contribution in [2.75, 3.05) is 50.8 Å². The fraction of sp³-hybridized carbons (Fsp3) is 0.277. The number of thioether (sulfide) groups is 4. The molecule has 8 rings (SSSR count). The van der Waals surface area contributed by atoms with Gasteiger partial charge in [0.1, 0.15) is 45.7 Å². The van der Waals surface area contributed by atoms with E-state index in [-0.39, 0.29) is 30.5 Å². The summed E-state index contributed by atoms with van der Waals surface area (Å²) in [6.07, 6.45) is -0.661. The molecule has 4 aliphatic rings. The molecule has 4 amide bonds. The third kappa shape index (κ3) is 12.0. The Morgan fingerprint density at radius 2 is 1.01 bits per heavy atom. The predicted octanol–water partition coefficient (Wildman–Crippen LogP) is 5.45. The number of aliphatic carboxylic acids is 1. The first-order valence-electron chi connectivity index (χ1n) is 20.7. The Morgan fingerprint density at radius 3 is 1.42 bits per heavy atom. The van der Waals surface area contributed by atoms with Crippen molar-refractivity contribution < 1.29 is 57.6 Å². The highest BCUT2D eigenvalue weighted by Gasteiger charge is 2.56. The molecule has 0 spiro atoms. The van der Waals surface area contributed by atoms with Crippen molar-refractivity contribution in [2.45, 2.75) is 28.9 Å². The van der Waals surface area contributed by atoms with Gasteiger partial charge in [0.25, 0.3) is 23.6 Å². The Hall–Kier alpha value is -5.90. The minimum absolute atomic E-state index is 0.0307.